The van der Waals surface area contributed by atoms with Crippen LogP contribution in [0.5, 0.6) is 5.75 Å². The first-order chi connectivity index (χ1) is 11.8. The van der Waals surface area contributed by atoms with E-state index in [-0.39, 0.29) is 17.7 Å². The van der Waals surface area contributed by atoms with Gasteiger partial charge in [-0.1, -0.05) is 0 Å². The van der Waals surface area contributed by atoms with Crippen molar-refractivity contribution in [2.24, 2.45) is 11.8 Å². The fourth-order valence-electron chi connectivity index (χ4n) is 2.97. The molecule has 1 aromatic carbocycles. The highest BCUT2D eigenvalue weighted by atomic mass is 16.5. The number of carbonyl (C=O) groups excluding carboxylic acids is 2. The molecular weight excluding hydrogens is 324 g/mol. The average Bonchev–Trinajstić information content (AvgIpc) is 3.06. The molecule has 0 saturated heterocycles. The highest BCUT2D eigenvalue weighted by Crippen LogP contribution is 2.33. The standard InChI is InChI=1S/C18H24N2O5/c1-4-25-15-10-12(17(22)20(2)3)7-8-14(15)19-16(21)11-5-6-13(9-11)18(23)24/h7-8,10-11,13H,4-6,9H2,1-3H3,(H,19,21)(H,23,24)/t11-,13+/m1/s1. The van der Waals surface area contributed by atoms with E-state index in [9.17, 15) is 14.4 Å². The SMILES string of the molecule is CCOc1cc(C(=O)N(C)C)ccc1NC(=O)[C@@H]1CC[C@H](C(=O)O)C1. The Bertz CT molecular complexity index is 671. The van der Waals surface area contributed by atoms with E-state index >= 15 is 0 Å². The molecule has 7 heteroatoms. The molecule has 0 spiro atoms. The van der Waals surface area contributed by atoms with Crippen molar-refractivity contribution in [3.05, 3.63) is 23.8 Å². The average molecular weight is 348 g/mol. The third-order valence-corrected chi connectivity index (χ3v) is 4.35. The molecule has 2 N–H and O–H groups in total. The van der Waals surface area contributed by atoms with Crippen LogP contribution in [-0.4, -0.2) is 48.5 Å². The zero-order chi connectivity index (χ0) is 18.6. The lowest BCUT2D eigenvalue weighted by Crippen LogP contribution is -2.23. The van der Waals surface area contributed by atoms with Gasteiger partial charge in [-0.2, -0.15) is 0 Å². The molecule has 0 unspecified atom stereocenters. The summed E-state index contributed by atoms with van der Waals surface area (Å²) < 4.78 is 5.55. The first-order valence-electron chi connectivity index (χ1n) is 8.35. The molecule has 1 aliphatic rings. The van der Waals surface area contributed by atoms with Gasteiger partial charge in [-0.25, -0.2) is 0 Å². The summed E-state index contributed by atoms with van der Waals surface area (Å²) in [6.45, 7) is 2.22. The van der Waals surface area contributed by atoms with Gasteiger partial charge in [0.05, 0.1) is 18.2 Å². The van der Waals surface area contributed by atoms with Crippen molar-refractivity contribution in [3.63, 3.8) is 0 Å². The molecule has 0 heterocycles. The summed E-state index contributed by atoms with van der Waals surface area (Å²) in [5.41, 5.74) is 0.958. The highest BCUT2D eigenvalue weighted by Gasteiger charge is 2.34. The van der Waals surface area contributed by atoms with Gasteiger partial charge in [0.1, 0.15) is 5.75 Å². The van der Waals surface area contributed by atoms with Gasteiger partial charge in [0.2, 0.25) is 5.91 Å². The number of carboxylic acid groups (broad SMARTS) is 1. The second kappa shape index (κ2) is 8.00. The fraction of sp³-hybridized carbons (Fsp3) is 0.500. The molecule has 2 atom stereocenters. The van der Waals surface area contributed by atoms with E-state index in [1.807, 2.05) is 6.92 Å². The molecule has 0 radical (unpaired) electrons. The van der Waals surface area contributed by atoms with Crippen LogP contribution in [0.3, 0.4) is 0 Å². The van der Waals surface area contributed by atoms with E-state index in [1.165, 1.54) is 4.90 Å². The van der Waals surface area contributed by atoms with Gasteiger partial charge in [-0.15, -0.1) is 0 Å². The number of carboxylic acids is 1. The van der Waals surface area contributed by atoms with E-state index in [0.29, 0.717) is 42.9 Å². The summed E-state index contributed by atoms with van der Waals surface area (Å²) in [7, 11) is 3.33. The van der Waals surface area contributed by atoms with Crippen LogP contribution < -0.4 is 10.1 Å². The van der Waals surface area contributed by atoms with Gasteiger partial charge < -0.3 is 20.1 Å². The van der Waals surface area contributed by atoms with E-state index in [4.69, 9.17) is 9.84 Å². The molecule has 1 saturated carbocycles. The Morgan fingerprint density at radius 1 is 1.24 bits per heavy atom. The van der Waals surface area contributed by atoms with Crippen LogP contribution in [0.2, 0.25) is 0 Å². The molecule has 136 valence electrons. The summed E-state index contributed by atoms with van der Waals surface area (Å²) in [5, 5.41) is 11.9. The minimum Gasteiger partial charge on any atom is -0.492 e. The second-order valence-corrected chi connectivity index (χ2v) is 6.38. The normalized spacial score (nSPS) is 19.3. The number of amides is 2. The van der Waals surface area contributed by atoms with Crippen LogP contribution in [0.1, 0.15) is 36.5 Å². The predicted molar refractivity (Wildman–Crippen MR) is 92.7 cm³/mol. The highest BCUT2D eigenvalue weighted by molar-refractivity contribution is 5.98. The summed E-state index contributed by atoms with van der Waals surface area (Å²) in [4.78, 5) is 37.0. The Morgan fingerprint density at radius 2 is 1.92 bits per heavy atom. The summed E-state index contributed by atoms with van der Waals surface area (Å²) in [6.07, 6.45) is 1.42. The first kappa shape index (κ1) is 18.8. The Balaban J connectivity index is 2.14. The molecule has 25 heavy (non-hydrogen) atoms. The molecule has 7 nitrogen and oxygen atoms in total. The number of nitrogens with one attached hydrogen (secondary N) is 1. The maximum atomic E-state index is 12.4. The van der Waals surface area contributed by atoms with Crippen molar-refractivity contribution >= 4 is 23.5 Å². The number of rotatable bonds is 6. The van der Waals surface area contributed by atoms with Crippen molar-refractivity contribution in [2.45, 2.75) is 26.2 Å². The largest absolute Gasteiger partial charge is 0.492 e. The van der Waals surface area contributed by atoms with Crippen molar-refractivity contribution in [3.8, 4) is 5.75 Å². The molecule has 0 aromatic heterocycles. The fourth-order valence-corrected chi connectivity index (χ4v) is 2.97. The summed E-state index contributed by atoms with van der Waals surface area (Å²) in [5.74, 6) is -1.57. The predicted octanol–water partition coefficient (Wildman–Crippen LogP) is 2.23. The van der Waals surface area contributed by atoms with Crippen molar-refractivity contribution in [2.75, 3.05) is 26.0 Å². The Hall–Kier alpha value is -2.57. The van der Waals surface area contributed by atoms with Crippen LogP contribution in [0, 0.1) is 11.8 Å². The Labute approximate surface area is 147 Å². The van der Waals surface area contributed by atoms with Gasteiger partial charge >= 0.3 is 5.97 Å². The van der Waals surface area contributed by atoms with Crippen LogP contribution in [0.15, 0.2) is 18.2 Å². The molecule has 1 aromatic rings. The lowest BCUT2D eigenvalue weighted by atomic mass is 10.0. The smallest absolute Gasteiger partial charge is 0.306 e. The molecule has 2 amide bonds. The third-order valence-electron chi connectivity index (χ3n) is 4.35. The number of hydrogen-bond donors (Lipinski definition) is 2. The molecule has 1 fully saturated rings. The number of ether oxygens (including phenoxy) is 1. The molecule has 2 rings (SSSR count). The summed E-state index contributed by atoms with van der Waals surface area (Å²) in [6, 6.07) is 4.88. The third kappa shape index (κ3) is 4.49. The lowest BCUT2D eigenvalue weighted by molar-refractivity contribution is -0.141. The second-order valence-electron chi connectivity index (χ2n) is 6.38. The van der Waals surface area contributed by atoms with Crippen molar-refractivity contribution < 1.29 is 24.2 Å². The van der Waals surface area contributed by atoms with Crippen LogP contribution in [-0.2, 0) is 9.59 Å². The number of carbonyl (C=O) groups is 3. The number of nitrogens with zero attached hydrogens (tertiary/aromatic N) is 1. The van der Waals surface area contributed by atoms with Gasteiger partial charge in [-0.05, 0) is 44.4 Å². The van der Waals surface area contributed by atoms with E-state index in [1.54, 1.807) is 32.3 Å². The van der Waals surface area contributed by atoms with E-state index in [0.717, 1.165) is 0 Å². The lowest BCUT2D eigenvalue weighted by Gasteiger charge is -2.16. The molecule has 0 bridgehead atoms. The number of benzene rings is 1. The minimum absolute atomic E-state index is 0.154. The quantitative estimate of drug-likeness (QED) is 0.822. The Morgan fingerprint density at radius 3 is 2.48 bits per heavy atom. The van der Waals surface area contributed by atoms with Gasteiger partial charge in [0, 0.05) is 25.6 Å². The number of hydrogen-bond acceptors (Lipinski definition) is 4. The minimum atomic E-state index is -0.850. The van der Waals surface area contributed by atoms with Gasteiger partial charge in [0.15, 0.2) is 0 Å². The topological polar surface area (TPSA) is 95.9 Å². The van der Waals surface area contributed by atoms with Gasteiger partial charge in [0.25, 0.3) is 5.91 Å². The first-order valence-corrected chi connectivity index (χ1v) is 8.35. The maximum Gasteiger partial charge on any atom is 0.306 e. The Kier molecular flexibility index (Phi) is 6.01. The van der Waals surface area contributed by atoms with Crippen LogP contribution in [0.25, 0.3) is 0 Å². The van der Waals surface area contributed by atoms with Crippen LogP contribution >= 0.6 is 0 Å². The number of anilines is 1. The van der Waals surface area contributed by atoms with Crippen LogP contribution in [0.4, 0.5) is 5.69 Å². The van der Waals surface area contributed by atoms with Gasteiger partial charge in [-0.3, -0.25) is 14.4 Å². The van der Waals surface area contributed by atoms with E-state index in [2.05, 4.69) is 5.32 Å². The molecule has 1 aliphatic carbocycles. The molecule has 0 aliphatic heterocycles. The zero-order valence-electron chi connectivity index (χ0n) is 14.7. The summed E-state index contributed by atoms with van der Waals surface area (Å²) >= 11 is 0. The van der Waals surface area contributed by atoms with Crippen molar-refractivity contribution in [1.29, 1.82) is 0 Å². The monoisotopic (exact) mass is 348 g/mol. The van der Waals surface area contributed by atoms with Crippen molar-refractivity contribution in [1.82, 2.24) is 4.90 Å². The maximum absolute atomic E-state index is 12.4. The number of aliphatic carboxylic acids is 1. The molecular formula is C18H24N2O5. The zero-order valence-corrected chi connectivity index (χ0v) is 14.7. The van der Waals surface area contributed by atoms with E-state index < -0.39 is 11.9 Å².